The highest BCUT2D eigenvalue weighted by Crippen LogP contribution is 2.27. The van der Waals surface area contributed by atoms with Gasteiger partial charge >= 0.3 is 0 Å². The summed E-state index contributed by atoms with van der Waals surface area (Å²) < 4.78 is 11.8. The van der Waals surface area contributed by atoms with Gasteiger partial charge in [0.1, 0.15) is 11.5 Å². The van der Waals surface area contributed by atoms with E-state index in [1.807, 2.05) is 61.5 Å². The highest BCUT2D eigenvalue weighted by atomic mass is 16.5. The topological polar surface area (TPSA) is 64.4 Å². The number of nitrogens with zero attached hydrogens (tertiary/aromatic N) is 1. The van der Waals surface area contributed by atoms with Crippen molar-refractivity contribution in [1.29, 1.82) is 0 Å². The van der Waals surface area contributed by atoms with Crippen molar-refractivity contribution < 1.29 is 13.9 Å². The second-order valence-corrected chi connectivity index (χ2v) is 7.45. The number of carbonyl (C=O) groups excluding carboxylic acids is 1. The van der Waals surface area contributed by atoms with Crippen molar-refractivity contribution in [2.45, 2.75) is 26.7 Å². The van der Waals surface area contributed by atoms with Crippen LogP contribution >= 0.6 is 0 Å². The molecule has 0 bridgehead atoms. The van der Waals surface area contributed by atoms with Gasteiger partial charge in [-0.05, 0) is 62.2 Å². The van der Waals surface area contributed by atoms with E-state index in [4.69, 9.17) is 9.15 Å². The molecular weight excluding hydrogens is 376 g/mol. The van der Waals surface area contributed by atoms with Crippen molar-refractivity contribution in [2.75, 3.05) is 19.7 Å². The molecule has 1 aromatic heterocycles. The van der Waals surface area contributed by atoms with E-state index in [0.29, 0.717) is 25.5 Å². The van der Waals surface area contributed by atoms with E-state index in [9.17, 15) is 4.79 Å². The molecule has 3 aromatic rings. The minimum Gasteiger partial charge on any atom is -0.493 e. The number of oxazole rings is 1. The molecule has 1 aliphatic rings. The Morgan fingerprint density at radius 1 is 1.13 bits per heavy atom. The molecule has 0 spiro atoms. The molecule has 0 radical (unpaired) electrons. The van der Waals surface area contributed by atoms with Crippen LogP contribution in [-0.4, -0.2) is 30.5 Å². The zero-order valence-electron chi connectivity index (χ0n) is 17.4. The predicted octanol–water partition coefficient (Wildman–Crippen LogP) is 4.61. The van der Waals surface area contributed by atoms with E-state index in [0.717, 1.165) is 52.4 Å². The van der Waals surface area contributed by atoms with Crippen LogP contribution in [0.25, 0.3) is 17.0 Å². The summed E-state index contributed by atoms with van der Waals surface area (Å²) in [6.45, 7) is 5.63. The highest BCUT2D eigenvalue weighted by Gasteiger charge is 2.17. The molecule has 154 valence electrons. The minimum atomic E-state index is 0.147. The molecule has 0 aliphatic carbocycles. The molecule has 5 nitrogen and oxygen atoms in total. The number of hydrogen-bond donors (Lipinski definition) is 1. The Morgan fingerprint density at radius 3 is 2.73 bits per heavy atom. The first kappa shape index (κ1) is 20.1. The number of nitrogens with one attached hydrogen (secondary N) is 1. The van der Waals surface area contributed by atoms with E-state index in [1.165, 1.54) is 0 Å². The molecule has 0 fully saturated rings. The molecule has 0 amide bonds. The highest BCUT2D eigenvalue weighted by molar-refractivity contribution is 6.01. The maximum Gasteiger partial charge on any atom is 0.226 e. The van der Waals surface area contributed by atoms with Gasteiger partial charge in [0.2, 0.25) is 5.89 Å². The Hall–Kier alpha value is -3.18. The van der Waals surface area contributed by atoms with Gasteiger partial charge in [-0.25, -0.2) is 4.98 Å². The third kappa shape index (κ3) is 4.52. The minimum absolute atomic E-state index is 0.147. The van der Waals surface area contributed by atoms with Crippen molar-refractivity contribution >= 4 is 11.4 Å². The Labute approximate surface area is 176 Å². The van der Waals surface area contributed by atoms with E-state index in [2.05, 4.69) is 10.3 Å². The predicted molar refractivity (Wildman–Crippen MR) is 117 cm³/mol. The molecule has 0 saturated carbocycles. The summed E-state index contributed by atoms with van der Waals surface area (Å²) in [4.78, 5) is 16.6. The number of ether oxygens (including phenoxy) is 1. The monoisotopic (exact) mass is 402 g/mol. The molecule has 2 heterocycles. The van der Waals surface area contributed by atoms with Crippen LogP contribution in [0.15, 0.2) is 64.6 Å². The van der Waals surface area contributed by atoms with Gasteiger partial charge in [0.05, 0.1) is 12.3 Å². The molecule has 0 saturated heterocycles. The summed E-state index contributed by atoms with van der Waals surface area (Å²) in [6.07, 6.45) is 1.43. The Morgan fingerprint density at radius 2 is 1.93 bits per heavy atom. The van der Waals surface area contributed by atoms with Crippen molar-refractivity contribution in [2.24, 2.45) is 0 Å². The average Bonchev–Trinajstić information content (AvgIpc) is 3.15. The molecule has 5 heteroatoms. The van der Waals surface area contributed by atoms with Crippen LogP contribution in [0.4, 0.5) is 0 Å². The lowest BCUT2D eigenvalue weighted by Gasteiger charge is -2.20. The third-order valence-corrected chi connectivity index (χ3v) is 5.35. The van der Waals surface area contributed by atoms with Gasteiger partial charge in [-0.2, -0.15) is 0 Å². The van der Waals surface area contributed by atoms with E-state index in [-0.39, 0.29) is 5.78 Å². The molecule has 2 aromatic carbocycles. The second-order valence-electron chi connectivity index (χ2n) is 7.45. The normalized spacial score (nSPS) is 14.1. The van der Waals surface area contributed by atoms with Crippen molar-refractivity contribution in [3.05, 3.63) is 77.2 Å². The van der Waals surface area contributed by atoms with Crippen LogP contribution in [0.1, 0.15) is 30.4 Å². The lowest BCUT2D eigenvalue weighted by atomic mass is 9.93. The third-order valence-electron chi connectivity index (χ3n) is 5.35. The van der Waals surface area contributed by atoms with Crippen molar-refractivity contribution in [3.8, 4) is 17.2 Å². The molecule has 1 aliphatic heterocycles. The average molecular weight is 402 g/mol. The zero-order valence-corrected chi connectivity index (χ0v) is 17.4. The van der Waals surface area contributed by atoms with Crippen LogP contribution < -0.4 is 10.1 Å². The maximum absolute atomic E-state index is 12.0. The molecule has 0 atom stereocenters. The van der Waals surface area contributed by atoms with Crippen molar-refractivity contribution in [3.63, 3.8) is 0 Å². The number of Topliss-reactive ketones (excluding diaryl/α,β-unsaturated/α-hetero) is 1. The fourth-order valence-electron chi connectivity index (χ4n) is 3.75. The number of rotatable bonds is 7. The number of ketones is 1. The van der Waals surface area contributed by atoms with Crippen LogP contribution in [0, 0.1) is 6.92 Å². The summed E-state index contributed by atoms with van der Waals surface area (Å²) >= 11 is 0. The number of aromatic nitrogens is 1. The van der Waals surface area contributed by atoms with Gasteiger partial charge in [0, 0.05) is 24.1 Å². The standard InChI is InChI=1S/C25H26N2O3/c1-17(28)22-11-13-26-16-23(22)20-9-6-10-21(15-20)29-14-12-24-18(2)30-25(27-24)19-7-4-3-5-8-19/h3-10,15,26H,11-14,16H2,1-2H3. The van der Waals surface area contributed by atoms with Crippen LogP contribution in [0.2, 0.25) is 0 Å². The SMILES string of the molecule is CC(=O)C1=C(c2cccc(OCCc3nc(-c4ccccc4)oc3C)c2)CNCC1. The Bertz CT molecular complexity index is 1070. The number of carbonyl (C=O) groups is 1. The zero-order chi connectivity index (χ0) is 20.9. The first-order valence-corrected chi connectivity index (χ1v) is 10.3. The first-order chi connectivity index (χ1) is 14.6. The molecule has 30 heavy (non-hydrogen) atoms. The van der Waals surface area contributed by atoms with E-state index in [1.54, 1.807) is 6.92 Å². The molecule has 4 rings (SSSR count). The quantitative estimate of drug-likeness (QED) is 0.625. The molecule has 1 N–H and O–H groups in total. The summed E-state index contributed by atoms with van der Waals surface area (Å²) in [5.74, 6) is 2.39. The van der Waals surface area contributed by atoms with Crippen molar-refractivity contribution in [1.82, 2.24) is 10.3 Å². The van der Waals surface area contributed by atoms with Crippen LogP contribution in [0.5, 0.6) is 5.75 Å². The van der Waals surface area contributed by atoms with E-state index < -0.39 is 0 Å². The van der Waals surface area contributed by atoms with Gasteiger partial charge in [-0.15, -0.1) is 0 Å². The second kappa shape index (κ2) is 9.09. The van der Waals surface area contributed by atoms with Gasteiger partial charge in [-0.1, -0.05) is 30.3 Å². The fraction of sp³-hybridized carbons (Fsp3) is 0.280. The number of benzene rings is 2. The molecule has 0 unspecified atom stereocenters. The maximum atomic E-state index is 12.0. The van der Waals surface area contributed by atoms with E-state index >= 15 is 0 Å². The summed E-state index contributed by atoms with van der Waals surface area (Å²) in [5.41, 5.74) is 4.89. The summed E-state index contributed by atoms with van der Waals surface area (Å²) in [5, 5.41) is 3.35. The lowest BCUT2D eigenvalue weighted by molar-refractivity contribution is -0.113. The van der Waals surface area contributed by atoms with Gasteiger partial charge in [0.25, 0.3) is 0 Å². The Balaban J connectivity index is 1.44. The summed E-state index contributed by atoms with van der Waals surface area (Å²) in [7, 11) is 0. The largest absolute Gasteiger partial charge is 0.493 e. The van der Waals surface area contributed by atoms with Gasteiger partial charge in [0.15, 0.2) is 5.78 Å². The van der Waals surface area contributed by atoms with Crippen LogP contribution in [-0.2, 0) is 11.2 Å². The molecular formula is C25H26N2O3. The van der Waals surface area contributed by atoms with Gasteiger partial charge < -0.3 is 14.5 Å². The van der Waals surface area contributed by atoms with Gasteiger partial charge in [-0.3, -0.25) is 4.79 Å². The Kier molecular flexibility index (Phi) is 6.10. The lowest BCUT2D eigenvalue weighted by Crippen LogP contribution is -2.26. The number of aryl methyl sites for hydroxylation is 1. The summed E-state index contributed by atoms with van der Waals surface area (Å²) in [6, 6.07) is 17.8. The smallest absolute Gasteiger partial charge is 0.226 e. The first-order valence-electron chi connectivity index (χ1n) is 10.3. The number of hydrogen-bond acceptors (Lipinski definition) is 5. The van der Waals surface area contributed by atoms with Crippen LogP contribution in [0.3, 0.4) is 0 Å². The fourth-order valence-corrected chi connectivity index (χ4v) is 3.75.